The lowest BCUT2D eigenvalue weighted by molar-refractivity contribution is -0.176. The summed E-state index contributed by atoms with van der Waals surface area (Å²) < 4.78 is 27.2. The van der Waals surface area contributed by atoms with E-state index in [1.807, 2.05) is 10.9 Å². The molecule has 0 saturated carbocycles. The van der Waals surface area contributed by atoms with Crippen molar-refractivity contribution in [2.75, 3.05) is 13.2 Å². The predicted octanol–water partition coefficient (Wildman–Crippen LogP) is 3.66. The highest BCUT2D eigenvalue weighted by molar-refractivity contribution is 5.68. The molecular formula is C20H19FN2O2. The molecule has 0 N–H and O–H groups in total. The van der Waals surface area contributed by atoms with Crippen molar-refractivity contribution in [3.05, 3.63) is 64.8 Å². The minimum Gasteiger partial charge on any atom is -0.343 e. The molecule has 1 fully saturated rings. The zero-order valence-corrected chi connectivity index (χ0v) is 14.3. The Morgan fingerprint density at radius 1 is 1.16 bits per heavy atom. The van der Waals surface area contributed by atoms with Crippen LogP contribution in [0.1, 0.15) is 25.1 Å². The molecule has 0 bridgehead atoms. The fraction of sp³-hybridized carbons (Fsp3) is 0.350. The number of halogens is 1. The van der Waals surface area contributed by atoms with Crippen LogP contribution in [0.5, 0.6) is 0 Å². The number of ether oxygens (including phenoxy) is 2. The van der Waals surface area contributed by atoms with Crippen LogP contribution in [0.3, 0.4) is 0 Å². The zero-order chi connectivity index (χ0) is 17.2. The summed E-state index contributed by atoms with van der Waals surface area (Å²) in [5.41, 5.74) is 5.20. The van der Waals surface area contributed by atoms with Crippen molar-refractivity contribution < 1.29 is 13.9 Å². The van der Waals surface area contributed by atoms with Crippen LogP contribution in [0.25, 0.3) is 11.8 Å². The molecule has 1 aromatic heterocycles. The first kappa shape index (κ1) is 15.0. The maximum Gasteiger partial charge on any atom is 0.198 e. The molecule has 0 radical (unpaired) electrons. The first-order valence-electron chi connectivity index (χ1n) is 8.55. The topological polar surface area (TPSA) is 36.3 Å². The van der Waals surface area contributed by atoms with E-state index in [-0.39, 0.29) is 11.2 Å². The number of hydrogen-bond donors (Lipinski definition) is 0. The van der Waals surface area contributed by atoms with E-state index in [0.717, 1.165) is 23.4 Å². The van der Waals surface area contributed by atoms with Crippen molar-refractivity contribution in [1.29, 1.82) is 0 Å². The summed E-state index contributed by atoms with van der Waals surface area (Å²) in [6.07, 6.45) is 6.99. The monoisotopic (exact) mass is 338 g/mol. The SMILES string of the molecule is CC1=CC2(OCCO2)[C@@]2(C)Cc3cnn(-c4ccc(F)cc4)c3C=C12. The molecule has 1 saturated heterocycles. The van der Waals surface area contributed by atoms with Gasteiger partial charge in [-0.05, 0) is 73.4 Å². The van der Waals surface area contributed by atoms with Gasteiger partial charge in [0.15, 0.2) is 5.79 Å². The molecule has 128 valence electrons. The largest absolute Gasteiger partial charge is 0.343 e. The molecule has 1 aliphatic heterocycles. The van der Waals surface area contributed by atoms with Crippen LogP contribution in [0.2, 0.25) is 0 Å². The first-order chi connectivity index (χ1) is 12.0. The minimum absolute atomic E-state index is 0.247. The van der Waals surface area contributed by atoms with Gasteiger partial charge in [0.2, 0.25) is 0 Å². The van der Waals surface area contributed by atoms with Gasteiger partial charge in [0.25, 0.3) is 0 Å². The maximum absolute atomic E-state index is 13.2. The van der Waals surface area contributed by atoms with E-state index in [4.69, 9.17) is 9.47 Å². The highest BCUT2D eigenvalue weighted by Gasteiger charge is 2.59. The Kier molecular flexibility index (Phi) is 2.95. The van der Waals surface area contributed by atoms with Gasteiger partial charge in [0.05, 0.1) is 36.2 Å². The van der Waals surface area contributed by atoms with E-state index in [9.17, 15) is 4.39 Å². The molecular weight excluding hydrogens is 319 g/mol. The van der Waals surface area contributed by atoms with Crippen molar-refractivity contribution in [3.63, 3.8) is 0 Å². The molecule has 2 heterocycles. The summed E-state index contributed by atoms with van der Waals surface area (Å²) in [7, 11) is 0. The van der Waals surface area contributed by atoms with Crippen molar-refractivity contribution in [1.82, 2.24) is 9.78 Å². The molecule has 2 aromatic rings. The van der Waals surface area contributed by atoms with Gasteiger partial charge in [-0.15, -0.1) is 0 Å². The Labute approximate surface area is 145 Å². The Morgan fingerprint density at radius 2 is 1.88 bits per heavy atom. The van der Waals surface area contributed by atoms with E-state index < -0.39 is 5.79 Å². The average Bonchev–Trinajstić information content (AvgIpc) is 3.26. The van der Waals surface area contributed by atoms with Crippen LogP contribution in [-0.4, -0.2) is 28.8 Å². The van der Waals surface area contributed by atoms with Gasteiger partial charge in [-0.1, -0.05) is 0 Å². The number of benzene rings is 1. The molecule has 4 nitrogen and oxygen atoms in total. The van der Waals surface area contributed by atoms with Gasteiger partial charge in [-0.3, -0.25) is 0 Å². The number of rotatable bonds is 1. The highest BCUT2D eigenvalue weighted by atomic mass is 19.1. The molecule has 25 heavy (non-hydrogen) atoms. The van der Waals surface area contributed by atoms with Crippen LogP contribution >= 0.6 is 0 Å². The minimum atomic E-state index is -0.668. The van der Waals surface area contributed by atoms with Gasteiger partial charge in [-0.25, -0.2) is 9.07 Å². The van der Waals surface area contributed by atoms with Crippen LogP contribution < -0.4 is 0 Å². The summed E-state index contributed by atoms with van der Waals surface area (Å²) in [6, 6.07) is 6.41. The molecule has 5 heteroatoms. The summed E-state index contributed by atoms with van der Waals surface area (Å²) >= 11 is 0. The van der Waals surface area contributed by atoms with Crippen LogP contribution in [0.4, 0.5) is 4.39 Å². The van der Waals surface area contributed by atoms with Crippen molar-refractivity contribution >= 4 is 6.08 Å². The van der Waals surface area contributed by atoms with E-state index in [0.29, 0.717) is 13.2 Å². The number of aromatic nitrogens is 2. The summed E-state index contributed by atoms with van der Waals surface area (Å²) in [5, 5.41) is 4.54. The molecule has 3 aliphatic rings. The van der Waals surface area contributed by atoms with Crippen molar-refractivity contribution in [3.8, 4) is 5.69 Å². The summed E-state index contributed by atoms with van der Waals surface area (Å²) in [6.45, 7) is 5.55. The molecule has 1 atom stereocenters. The third-order valence-corrected chi connectivity index (χ3v) is 5.69. The molecule has 0 unspecified atom stereocenters. The Balaban J connectivity index is 1.64. The van der Waals surface area contributed by atoms with E-state index in [2.05, 4.69) is 31.1 Å². The lowest BCUT2D eigenvalue weighted by Gasteiger charge is -2.41. The number of allylic oxidation sites excluding steroid dienone is 1. The maximum atomic E-state index is 13.2. The van der Waals surface area contributed by atoms with E-state index in [1.165, 1.54) is 23.3 Å². The first-order valence-corrected chi connectivity index (χ1v) is 8.55. The van der Waals surface area contributed by atoms with Crippen LogP contribution in [0.15, 0.2) is 47.7 Å². The van der Waals surface area contributed by atoms with Gasteiger partial charge < -0.3 is 9.47 Å². The van der Waals surface area contributed by atoms with Gasteiger partial charge in [0.1, 0.15) is 5.82 Å². The molecule has 0 amide bonds. The Bertz CT molecular complexity index is 920. The fourth-order valence-electron chi connectivity index (χ4n) is 4.45. The van der Waals surface area contributed by atoms with Crippen molar-refractivity contribution in [2.45, 2.75) is 26.1 Å². The lowest BCUT2D eigenvalue weighted by atomic mass is 9.70. The van der Waals surface area contributed by atoms with E-state index >= 15 is 0 Å². The quantitative estimate of drug-likeness (QED) is 0.796. The summed E-state index contributed by atoms with van der Waals surface area (Å²) in [5.74, 6) is -0.916. The standard InChI is InChI=1S/C20H19FN2O2/c1-13-10-20(24-7-8-25-20)19(2)11-14-12-22-23(18(14)9-17(13)19)16-5-3-15(21)4-6-16/h3-6,9-10,12H,7-8,11H2,1-2H3/t19-/m0/s1. The smallest absolute Gasteiger partial charge is 0.198 e. The normalized spacial score (nSPS) is 26.4. The molecule has 5 rings (SSSR count). The number of fused-ring (bicyclic) bond motifs is 3. The fourth-order valence-corrected chi connectivity index (χ4v) is 4.45. The van der Waals surface area contributed by atoms with Crippen LogP contribution in [0, 0.1) is 11.2 Å². The Hall–Kier alpha value is -2.24. The number of nitrogens with zero attached hydrogens (tertiary/aromatic N) is 2. The third-order valence-electron chi connectivity index (χ3n) is 5.69. The Morgan fingerprint density at radius 3 is 2.60 bits per heavy atom. The van der Waals surface area contributed by atoms with Gasteiger partial charge >= 0.3 is 0 Å². The predicted molar refractivity (Wildman–Crippen MR) is 91.7 cm³/mol. The zero-order valence-electron chi connectivity index (χ0n) is 14.3. The third kappa shape index (κ3) is 1.91. The van der Waals surface area contributed by atoms with Crippen LogP contribution in [-0.2, 0) is 15.9 Å². The molecule has 1 spiro atoms. The van der Waals surface area contributed by atoms with Crippen molar-refractivity contribution in [2.24, 2.45) is 5.41 Å². The molecule has 2 aliphatic carbocycles. The second-order valence-corrected chi connectivity index (χ2v) is 7.20. The number of hydrogen-bond acceptors (Lipinski definition) is 3. The van der Waals surface area contributed by atoms with Gasteiger partial charge in [0, 0.05) is 0 Å². The average molecular weight is 338 g/mol. The second kappa shape index (κ2) is 4.90. The summed E-state index contributed by atoms with van der Waals surface area (Å²) in [4.78, 5) is 0. The van der Waals surface area contributed by atoms with Gasteiger partial charge in [-0.2, -0.15) is 5.10 Å². The highest BCUT2D eigenvalue weighted by Crippen LogP contribution is 2.57. The lowest BCUT2D eigenvalue weighted by Crippen LogP contribution is -2.46. The molecule has 1 aromatic carbocycles. The van der Waals surface area contributed by atoms with E-state index in [1.54, 1.807) is 12.1 Å². The second-order valence-electron chi connectivity index (χ2n) is 7.20.